The lowest BCUT2D eigenvalue weighted by molar-refractivity contribution is 0.411. The summed E-state index contributed by atoms with van der Waals surface area (Å²) in [6.07, 6.45) is 0. The smallest absolute Gasteiger partial charge is 0.343 e. The van der Waals surface area contributed by atoms with Gasteiger partial charge in [0.25, 0.3) is 0 Å². The second-order valence-electron chi connectivity index (χ2n) is 3.98. The zero-order valence-corrected chi connectivity index (χ0v) is 12.0. The van der Waals surface area contributed by atoms with Crippen molar-refractivity contribution < 1.29 is 4.74 Å². The molecule has 20 heavy (non-hydrogen) atoms. The first kappa shape index (κ1) is 14.2. The van der Waals surface area contributed by atoms with Crippen LogP contribution in [0.4, 0.5) is 0 Å². The Morgan fingerprint density at radius 2 is 2.35 bits per heavy atom. The third kappa shape index (κ3) is 2.86. The molecule has 0 aliphatic rings. The van der Waals surface area contributed by atoms with Crippen molar-refractivity contribution in [2.24, 2.45) is 0 Å². The van der Waals surface area contributed by atoms with Gasteiger partial charge in [-0.3, -0.25) is 4.57 Å². The monoisotopic (exact) mass is 290 g/mol. The summed E-state index contributed by atoms with van der Waals surface area (Å²) >= 11 is 1.43. The molecule has 1 aromatic heterocycles. The predicted molar refractivity (Wildman–Crippen MR) is 75.8 cm³/mol. The molecule has 1 heterocycles. The Morgan fingerprint density at radius 3 is 3.00 bits per heavy atom. The Bertz CT molecular complexity index is 699. The molecule has 0 spiro atoms. The van der Waals surface area contributed by atoms with Crippen molar-refractivity contribution >= 4 is 11.8 Å². The van der Waals surface area contributed by atoms with Crippen molar-refractivity contribution in [3.05, 3.63) is 39.8 Å². The third-order valence-corrected chi connectivity index (χ3v) is 3.83. The number of nitrogens with one attached hydrogen (secondary N) is 1. The number of methoxy groups -OCH3 is 1. The summed E-state index contributed by atoms with van der Waals surface area (Å²) in [4.78, 5) is 11.5. The molecule has 0 aliphatic heterocycles. The van der Waals surface area contributed by atoms with Gasteiger partial charge in [0.2, 0.25) is 0 Å². The molecule has 1 N–H and O–H groups in total. The van der Waals surface area contributed by atoms with Crippen LogP contribution < -0.4 is 10.4 Å². The second kappa shape index (κ2) is 6.30. The van der Waals surface area contributed by atoms with Crippen LogP contribution >= 0.6 is 11.8 Å². The molecule has 0 aliphatic carbocycles. The van der Waals surface area contributed by atoms with Gasteiger partial charge in [-0.1, -0.05) is 11.8 Å². The minimum absolute atomic E-state index is 0.215. The molecule has 1 aromatic carbocycles. The highest BCUT2D eigenvalue weighted by molar-refractivity contribution is 7.98. The summed E-state index contributed by atoms with van der Waals surface area (Å²) in [6.45, 7) is 2.45. The highest BCUT2D eigenvalue weighted by Gasteiger charge is 2.10. The number of aromatic amines is 1. The molecule has 2 rings (SSSR count). The lowest BCUT2D eigenvalue weighted by Crippen LogP contribution is -2.16. The summed E-state index contributed by atoms with van der Waals surface area (Å²) in [5, 5.41) is 16.0. The van der Waals surface area contributed by atoms with Crippen LogP contribution in [-0.4, -0.2) is 21.9 Å². The first-order chi connectivity index (χ1) is 9.69. The molecule has 104 valence electrons. The van der Waals surface area contributed by atoms with Crippen LogP contribution in [0, 0.1) is 11.3 Å². The average molecular weight is 290 g/mol. The molecule has 0 unspecified atom stereocenters. The Morgan fingerprint density at radius 1 is 1.55 bits per heavy atom. The van der Waals surface area contributed by atoms with Crippen LogP contribution in [0.15, 0.2) is 28.2 Å². The fourth-order valence-corrected chi connectivity index (χ4v) is 2.78. The van der Waals surface area contributed by atoms with E-state index in [4.69, 9.17) is 10.00 Å². The van der Waals surface area contributed by atoms with Gasteiger partial charge >= 0.3 is 5.69 Å². The van der Waals surface area contributed by atoms with Gasteiger partial charge in [0.15, 0.2) is 5.16 Å². The first-order valence-corrected chi connectivity index (χ1v) is 7.03. The SMILES string of the molecule is CCn1c(SCc2cc(C#N)ccc2OC)n[nH]c1=O. The normalized spacial score (nSPS) is 10.2. The van der Waals surface area contributed by atoms with Crippen LogP contribution in [0.2, 0.25) is 0 Å². The number of H-pyrrole nitrogens is 1. The van der Waals surface area contributed by atoms with E-state index in [0.29, 0.717) is 23.0 Å². The van der Waals surface area contributed by atoms with E-state index >= 15 is 0 Å². The van der Waals surface area contributed by atoms with Gasteiger partial charge in [0, 0.05) is 17.9 Å². The van der Waals surface area contributed by atoms with Crippen molar-refractivity contribution in [3.63, 3.8) is 0 Å². The Hall–Kier alpha value is -2.20. The van der Waals surface area contributed by atoms with E-state index in [1.807, 2.05) is 6.92 Å². The minimum atomic E-state index is -0.215. The highest BCUT2D eigenvalue weighted by Crippen LogP contribution is 2.27. The minimum Gasteiger partial charge on any atom is -0.496 e. The Kier molecular flexibility index (Phi) is 4.48. The topological polar surface area (TPSA) is 83.7 Å². The van der Waals surface area contributed by atoms with Crippen LogP contribution in [0.1, 0.15) is 18.1 Å². The molecule has 0 saturated carbocycles. The highest BCUT2D eigenvalue weighted by atomic mass is 32.2. The number of hydrogen-bond acceptors (Lipinski definition) is 5. The predicted octanol–water partition coefficient (Wildman–Crippen LogP) is 1.76. The zero-order chi connectivity index (χ0) is 14.5. The number of ether oxygens (including phenoxy) is 1. The molecule has 0 bridgehead atoms. The van der Waals surface area contributed by atoms with Crippen LogP contribution in [0.25, 0.3) is 0 Å². The molecule has 0 atom stereocenters. The van der Waals surface area contributed by atoms with E-state index in [-0.39, 0.29) is 5.69 Å². The number of rotatable bonds is 5. The van der Waals surface area contributed by atoms with E-state index in [2.05, 4.69) is 16.3 Å². The lowest BCUT2D eigenvalue weighted by Gasteiger charge is -2.08. The molecule has 6 nitrogen and oxygen atoms in total. The van der Waals surface area contributed by atoms with Gasteiger partial charge in [0.05, 0.1) is 18.7 Å². The molecule has 7 heteroatoms. The Labute approximate surface area is 120 Å². The lowest BCUT2D eigenvalue weighted by atomic mass is 10.1. The number of aromatic nitrogens is 3. The summed E-state index contributed by atoms with van der Waals surface area (Å²) in [6, 6.07) is 7.37. The number of thioether (sulfide) groups is 1. The average Bonchev–Trinajstić information content (AvgIpc) is 2.84. The van der Waals surface area contributed by atoms with Gasteiger partial charge in [-0.05, 0) is 25.1 Å². The van der Waals surface area contributed by atoms with Gasteiger partial charge in [-0.15, -0.1) is 5.10 Å². The molecule has 0 amide bonds. The zero-order valence-electron chi connectivity index (χ0n) is 11.2. The molecule has 0 radical (unpaired) electrons. The first-order valence-electron chi connectivity index (χ1n) is 6.04. The molecular formula is C13H14N4O2S. The standard InChI is InChI=1S/C13H14N4O2S/c1-3-17-12(18)15-16-13(17)20-8-10-6-9(7-14)4-5-11(10)19-2/h4-6H,3,8H2,1-2H3,(H,15,18). The van der Waals surface area contributed by atoms with Gasteiger partial charge < -0.3 is 4.74 Å². The van der Waals surface area contributed by atoms with Crippen LogP contribution in [0.3, 0.4) is 0 Å². The number of nitrogens with zero attached hydrogens (tertiary/aromatic N) is 3. The largest absolute Gasteiger partial charge is 0.496 e. The molecule has 2 aromatic rings. The maximum atomic E-state index is 11.5. The Balaban J connectivity index is 2.22. The quantitative estimate of drug-likeness (QED) is 0.848. The maximum Gasteiger partial charge on any atom is 0.343 e. The summed E-state index contributed by atoms with van der Waals surface area (Å²) in [5.41, 5.74) is 1.26. The van der Waals surface area contributed by atoms with Crippen LogP contribution in [0.5, 0.6) is 5.75 Å². The summed E-state index contributed by atoms with van der Waals surface area (Å²) in [7, 11) is 1.59. The van der Waals surface area contributed by atoms with Gasteiger partial charge in [0.1, 0.15) is 5.75 Å². The molecule has 0 saturated heterocycles. The van der Waals surface area contributed by atoms with Crippen molar-refractivity contribution in [1.29, 1.82) is 5.26 Å². The number of benzene rings is 1. The van der Waals surface area contributed by atoms with E-state index in [0.717, 1.165) is 11.3 Å². The second-order valence-corrected chi connectivity index (χ2v) is 4.93. The van der Waals surface area contributed by atoms with Gasteiger partial charge in [-0.2, -0.15) is 5.26 Å². The fraction of sp³-hybridized carbons (Fsp3) is 0.308. The van der Waals surface area contributed by atoms with Crippen molar-refractivity contribution in [2.45, 2.75) is 24.4 Å². The van der Waals surface area contributed by atoms with E-state index < -0.39 is 0 Å². The van der Waals surface area contributed by atoms with E-state index in [9.17, 15) is 4.79 Å². The summed E-state index contributed by atoms with van der Waals surface area (Å²) < 4.78 is 6.84. The van der Waals surface area contributed by atoms with Crippen LogP contribution in [-0.2, 0) is 12.3 Å². The molecular weight excluding hydrogens is 276 g/mol. The van der Waals surface area contributed by atoms with E-state index in [1.165, 1.54) is 11.8 Å². The fourth-order valence-electron chi connectivity index (χ4n) is 1.80. The van der Waals surface area contributed by atoms with E-state index in [1.54, 1.807) is 29.9 Å². The van der Waals surface area contributed by atoms with Crippen molar-refractivity contribution in [3.8, 4) is 11.8 Å². The third-order valence-electron chi connectivity index (χ3n) is 2.81. The number of hydrogen-bond donors (Lipinski definition) is 1. The number of nitriles is 1. The molecule has 0 fully saturated rings. The summed E-state index contributed by atoms with van der Waals surface area (Å²) in [5.74, 6) is 1.29. The van der Waals surface area contributed by atoms with Crippen molar-refractivity contribution in [2.75, 3.05) is 7.11 Å². The maximum absolute atomic E-state index is 11.5. The van der Waals surface area contributed by atoms with Gasteiger partial charge in [-0.25, -0.2) is 9.89 Å². The van der Waals surface area contributed by atoms with Crippen molar-refractivity contribution in [1.82, 2.24) is 14.8 Å².